The summed E-state index contributed by atoms with van der Waals surface area (Å²) in [6.45, 7) is 5.48. The Kier molecular flexibility index (Phi) is 4.37. The largest absolute Gasteiger partial charge is 0.496 e. The minimum absolute atomic E-state index is 0.152. The zero-order chi connectivity index (χ0) is 13.0. The van der Waals surface area contributed by atoms with E-state index in [1.165, 1.54) is 0 Å². The van der Waals surface area contributed by atoms with E-state index >= 15 is 0 Å². The molecule has 1 rings (SSSR count). The molecule has 0 bridgehead atoms. The summed E-state index contributed by atoms with van der Waals surface area (Å²) in [5, 5.41) is 0. The van der Waals surface area contributed by atoms with Gasteiger partial charge in [0.15, 0.2) is 0 Å². The average molecular weight is 238 g/mol. The normalized spacial score (nSPS) is 10.2. The molecule has 0 N–H and O–H groups in total. The molecule has 94 valence electrons. The lowest BCUT2D eigenvalue weighted by molar-refractivity contribution is 0.0377. The van der Waals surface area contributed by atoms with Gasteiger partial charge in [-0.3, -0.25) is 0 Å². The molecule has 1 aromatic rings. The number of benzene rings is 1. The van der Waals surface area contributed by atoms with Crippen molar-refractivity contribution in [1.29, 1.82) is 0 Å². The smallest absolute Gasteiger partial charge is 0.338 e. The van der Waals surface area contributed by atoms with Crippen LogP contribution in [0.15, 0.2) is 12.1 Å². The second-order valence-corrected chi connectivity index (χ2v) is 3.96. The number of carbonyl (C=O) groups excluding carboxylic acids is 1. The second kappa shape index (κ2) is 5.57. The Morgan fingerprint density at radius 1 is 1.12 bits per heavy atom. The Morgan fingerprint density at radius 3 is 1.94 bits per heavy atom. The molecule has 4 nitrogen and oxygen atoms in total. The van der Waals surface area contributed by atoms with Gasteiger partial charge in [0.05, 0.1) is 25.9 Å². The van der Waals surface area contributed by atoms with E-state index in [4.69, 9.17) is 14.2 Å². The van der Waals surface area contributed by atoms with Gasteiger partial charge in [-0.25, -0.2) is 4.79 Å². The highest BCUT2D eigenvalue weighted by atomic mass is 16.5. The third-order valence-electron chi connectivity index (χ3n) is 2.33. The highest BCUT2D eigenvalue weighted by Crippen LogP contribution is 2.29. The molecule has 0 aromatic heterocycles. The maximum absolute atomic E-state index is 11.8. The molecule has 0 radical (unpaired) electrons. The molecule has 0 heterocycles. The van der Waals surface area contributed by atoms with Crippen LogP contribution < -0.4 is 9.47 Å². The predicted molar refractivity (Wildman–Crippen MR) is 64.8 cm³/mol. The van der Waals surface area contributed by atoms with Gasteiger partial charge in [0, 0.05) is 5.56 Å². The van der Waals surface area contributed by atoms with Gasteiger partial charge in [-0.15, -0.1) is 0 Å². The third kappa shape index (κ3) is 3.12. The minimum Gasteiger partial charge on any atom is -0.496 e. The summed E-state index contributed by atoms with van der Waals surface area (Å²) in [6.07, 6.45) is -0.152. The first-order valence-electron chi connectivity index (χ1n) is 5.43. The molecule has 0 aliphatic rings. The first-order valence-corrected chi connectivity index (χ1v) is 5.43. The lowest BCUT2D eigenvalue weighted by Gasteiger charge is -2.13. The molecule has 0 amide bonds. The molecule has 0 fully saturated rings. The summed E-state index contributed by atoms with van der Waals surface area (Å²) in [5.41, 5.74) is 1.29. The number of hydrogen-bond donors (Lipinski definition) is 0. The van der Waals surface area contributed by atoms with Crippen molar-refractivity contribution < 1.29 is 19.0 Å². The van der Waals surface area contributed by atoms with Crippen molar-refractivity contribution in [1.82, 2.24) is 0 Å². The van der Waals surface area contributed by atoms with Crippen LogP contribution in [-0.4, -0.2) is 26.3 Å². The van der Waals surface area contributed by atoms with Crippen LogP contribution in [0.4, 0.5) is 0 Å². The average Bonchev–Trinajstić information content (AvgIpc) is 2.28. The fourth-order valence-electron chi connectivity index (χ4n) is 1.49. The fourth-order valence-corrected chi connectivity index (χ4v) is 1.49. The van der Waals surface area contributed by atoms with E-state index in [2.05, 4.69) is 0 Å². The zero-order valence-corrected chi connectivity index (χ0v) is 10.9. The van der Waals surface area contributed by atoms with Gasteiger partial charge < -0.3 is 14.2 Å². The first-order chi connectivity index (χ1) is 7.99. The molecule has 1 aromatic carbocycles. The van der Waals surface area contributed by atoms with Crippen LogP contribution in [0.25, 0.3) is 0 Å². The van der Waals surface area contributed by atoms with Crippen molar-refractivity contribution >= 4 is 5.97 Å². The monoisotopic (exact) mass is 238 g/mol. The molecule has 0 aliphatic heterocycles. The highest BCUT2D eigenvalue weighted by Gasteiger charge is 2.15. The number of methoxy groups -OCH3 is 2. The van der Waals surface area contributed by atoms with Crippen molar-refractivity contribution in [2.24, 2.45) is 0 Å². The molecule has 0 aliphatic carbocycles. The van der Waals surface area contributed by atoms with Crippen molar-refractivity contribution in [3.63, 3.8) is 0 Å². The molecule has 0 spiro atoms. The van der Waals surface area contributed by atoms with Gasteiger partial charge in [-0.05, 0) is 32.9 Å². The second-order valence-electron chi connectivity index (χ2n) is 3.96. The molecule has 0 unspecified atom stereocenters. The molecule has 17 heavy (non-hydrogen) atoms. The highest BCUT2D eigenvalue weighted by molar-refractivity contribution is 5.90. The Morgan fingerprint density at radius 2 is 1.59 bits per heavy atom. The standard InChI is InChI=1S/C13H18O4/c1-8(2)17-13(14)10-6-11(15-4)9(3)12(7-10)16-5/h6-8H,1-5H3. The summed E-state index contributed by atoms with van der Waals surface area (Å²) < 4.78 is 15.5. The summed E-state index contributed by atoms with van der Waals surface area (Å²) in [7, 11) is 3.11. The SMILES string of the molecule is COc1cc(C(=O)OC(C)C)cc(OC)c1C. The van der Waals surface area contributed by atoms with Gasteiger partial charge in [0.2, 0.25) is 0 Å². The Hall–Kier alpha value is -1.71. The molecule has 0 atom stereocenters. The molecule has 0 saturated carbocycles. The first kappa shape index (κ1) is 13.4. The van der Waals surface area contributed by atoms with E-state index in [1.54, 1.807) is 40.2 Å². The van der Waals surface area contributed by atoms with E-state index in [1.807, 2.05) is 6.92 Å². The fraction of sp³-hybridized carbons (Fsp3) is 0.462. The number of carbonyl (C=O) groups is 1. The van der Waals surface area contributed by atoms with E-state index in [9.17, 15) is 4.79 Å². The third-order valence-corrected chi connectivity index (χ3v) is 2.33. The lowest BCUT2D eigenvalue weighted by Crippen LogP contribution is -2.12. The van der Waals surface area contributed by atoms with E-state index in [-0.39, 0.29) is 12.1 Å². The maximum Gasteiger partial charge on any atom is 0.338 e. The predicted octanol–water partition coefficient (Wildman–Crippen LogP) is 2.58. The summed E-state index contributed by atoms with van der Waals surface area (Å²) >= 11 is 0. The number of ether oxygens (including phenoxy) is 3. The van der Waals surface area contributed by atoms with Gasteiger partial charge in [0.1, 0.15) is 11.5 Å². The Labute approximate surface area is 101 Å². The summed E-state index contributed by atoms with van der Waals surface area (Å²) in [6, 6.07) is 3.31. The van der Waals surface area contributed by atoms with Crippen LogP contribution in [0.2, 0.25) is 0 Å². The van der Waals surface area contributed by atoms with Crippen molar-refractivity contribution in [2.75, 3.05) is 14.2 Å². The number of esters is 1. The molecule has 4 heteroatoms. The van der Waals surface area contributed by atoms with Crippen molar-refractivity contribution in [3.05, 3.63) is 23.3 Å². The maximum atomic E-state index is 11.8. The summed E-state index contributed by atoms with van der Waals surface area (Å²) in [5.74, 6) is 0.844. The van der Waals surface area contributed by atoms with Crippen LogP contribution in [0.3, 0.4) is 0 Å². The molecule has 0 saturated heterocycles. The van der Waals surface area contributed by atoms with Crippen molar-refractivity contribution in [3.8, 4) is 11.5 Å². The van der Waals surface area contributed by atoms with Crippen molar-refractivity contribution in [2.45, 2.75) is 26.9 Å². The number of rotatable bonds is 4. The van der Waals surface area contributed by atoms with E-state index in [0.29, 0.717) is 17.1 Å². The number of hydrogen-bond acceptors (Lipinski definition) is 4. The molecular formula is C13H18O4. The Balaban J connectivity index is 3.12. The van der Waals surface area contributed by atoms with Gasteiger partial charge in [-0.1, -0.05) is 0 Å². The van der Waals surface area contributed by atoms with Crippen LogP contribution in [-0.2, 0) is 4.74 Å². The Bertz CT molecular complexity index is 385. The van der Waals surface area contributed by atoms with Gasteiger partial charge >= 0.3 is 5.97 Å². The topological polar surface area (TPSA) is 44.8 Å². The van der Waals surface area contributed by atoms with Crippen LogP contribution in [0.5, 0.6) is 11.5 Å². The van der Waals surface area contributed by atoms with Gasteiger partial charge in [0.25, 0.3) is 0 Å². The summed E-state index contributed by atoms with van der Waals surface area (Å²) in [4.78, 5) is 11.8. The van der Waals surface area contributed by atoms with Crippen LogP contribution >= 0.6 is 0 Å². The van der Waals surface area contributed by atoms with E-state index < -0.39 is 0 Å². The lowest BCUT2D eigenvalue weighted by atomic mass is 10.1. The van der Waals surface area contributed by atoms with E-state index in [0.717, 1.165) is 5.56 Å². The minimum atomic E-state index is -0.378. The van der Waals surface area contributed by atoms with Crippen LogP contribution in [0.1, 0.15) is 29.8 Å². The zero-order valence-electron chi connectivity index (χ0n) is 10.9. The van der Waals surface area contributed by atoms with Gasteiger partial charge in [-0.2, -0.15) is 0 Å². The molecular weight excluding hydrogens is 220 g/mol. The quantitative estimate of drug-likeness (QED) is 0.756. The van der Waals surface area contributed by atoms with Crippen LogP contribution in [0, 0.1) is 6.92 Å².